The van der Waals surface area contributed by atoms with E-state index in [1.165, 1.54) is 5.56 Å². The molecule has 0 saturated carbocycles. The summed E-state index contributed by atoms with van der Waals surface area (Å²) in [5.74, 6) is -0.865. The predicted octanol–water partition coefficient (Wildman–Crippen LogP) is 0.248. The lowest BCUT2D eigenvalue weighted by Crippen LogP contribution is -2.43. The molecule has 19 heavy (non-hydrogen) atoms. The highest BCUT2D eigenvalue weighted by atomic mass is 16.4. The fourth-order valence-electron chi connectivity index (χ4n) is 2.58. The summed E-state index contributed by atoms with van der Waals surface area (Å²) < 4.78 is 0. The van der Waals surface area contributed by atoms with Gasteiger partial charge in [0.05, 0.1) is 12.6 Å². The van der Waals surface area contributed by atoms with E-state index in [1.54, 1.807) is 11.9 Å². The molecule has 1 aromatic carbocycles. The zero-order valence-electron chi connectivity index (χ0n) is 11.1. The number of benzene rings is 1. The molecule has 2 N–H and O–H groups in total. The van der Waals surface area contributed by atoms with Gasteiger partial charge in [0.1, 0.15) is 0 Å². The topological polar surface area (TPSA) is 64.0 Å². The molecular weight excluding hydrogens is 244 g/mol. The minimum absolute atomic E-state index is 0.0408. The van der Waals surface area contributed by atoms with E-state index >= 15 is 0 Å². The van der Waals surface area contributed by atoms with Crippen LogP contribution in [0.3, 0.4) is 0 Å². The van der Waals surface area contributed by atoms with Crippen molar-refractivity contribution in [3.05, 3.63) is 35.9 Å². The van der Waals surface area contributed by atoms with E-state index in [9.17, 15) is 9.90 Å². The second kappa shape index (κ2) is 6.14. The monoisotopic (exact) mass is 264 g/mol. The minimum atomic E-state index is -0.865. The van der Waals surface area contributed by atoms with Gasteiger partial charge in [-0.2, -0.15) is 0 Å². The highest BCUT2D eigenvalue weighted by Gasteiger charge is 2.34. The van der Waals surface area contributed by atoms with Crippen LogP contribution in [0.15, 0.2) is 30.3 Å². The Morgan fingerprint density at radius 2 is 2.05 bits per heavy atom. The molecule has 1 saturated heterocycles. The number of nitrogens with zero attached hydrogens (tertiary/aromatic N) is 2. The van der Waals surface area contributed by atoms with E-state index in [1.807, 2.05) is 18.2 Å². The Morgan fingerprint density at radius 3 is 2.68 bits per heavy atom. The first-order chi connectivity index (χ1) is 9.06. The quantitative estimate of drug-likeness (QED) is 0.798. The van der Waals surface area contributed by atoms with Crippen LogP contribution in [0.2, 0.25) is 0 Å². The van der Waals surface area contributed by atoms with E-state index in [2.05, 4.69) is 17.0 Å². The molecule has 2 atom stereocenters. The molecule has 0 aromatic heterocycles. The maximum atomic E-state index is 10.7. The molecule has 1 aromatic rings. The Bertz CT molecular complexity index is 424. The van der Waals surface area contributed by atoms with Crippen molar-refractivity contribution in [3.63, 3.8) is 0 Å². The zero-order chi connectivity index (χ0) is 13.8. The SMILES string of the molecule is CN(CC(=O)O)C1CN(Cc2ccccc2)C[C@H]1O. The fraction of sp³-hybridized carbons (Fsp3) is 0.500. The van der Waals surface area contributed by atoms with Gasteiger partial charge in [-0.15, -0.1) is 0 Å². The molecule has 1 aliphatic rings. The molecular formula is C14H20N2O3. The molecule has 104 valence electrons. The van der Waals surface area contributed by atoms with Crippen LogP contribution >= 0.6 is 0 Å². The van der Waals surface area contributed by atoms with Gasteiger partial charge in [0.25, 0.3) is 0 Å². The van der Waals surface area contributed by atoms with Crippen LogP contribution in [0.25, 0.3) is 0 Å². The Labute approximate surface area is 113 Å². The smallest absolute Gasteiger partial charge is 0.317 e. The van der Waals surface area contributed by atoms with E-state index < -0.39 is 12.1 Å². The number of likely N-dealkylation sites (tertiary alicyclic amines) is 1. The van der Waals surface area contributed by atoms with Gasteiger partial charge in [0.15, 0.2) is 0 Å². The molecule has 5 heteroatoms. The summed E-state index contributed by atoms with van der Waals surface area (Å²) in [5, 5.41) is 18.8. The molecule has 5 nitrogen and oxygen atoms in total. The van der Waals surface area contributed by atoms with Crippen LogP contribution in [0, 0.1) is 0 Å². The van der Waals surface area contributed by atoms with E-state index in [4.69, 9.17) is 5.11 Å². The van der Waals surface area contributed by atoms with Crippen LogP contribution in [0.1, 0.15) is 5.56 Å². The normalized spacial score (nSPS) is 23.9. The third kappa shape index (κ3) is 3.76. The predicted molar refractivity (Wildman–Crippen MR) is 71.8 cm³/mol. The summed E-state index contributed by atoms with van der Waals surface area (Å²) in [6.45, 7) is 2.03. The third-order valence-corrected chi connectivity index (χ3v) is 3.53. The summed E-state index contributed by atoms with van der Waals surface area (Å²) >= 11 is 0. The van der Waals surface area contributed by atoms with Crippen molar-refractivity contribution in [2.75, 3.05) is 26.7 Å². The second-order valence-electron chi connectivity index (χ2n) is 5.12. The molecule has 2 rings (SSSR count). The van der Waals surface area contributed by atoms with Gasteiger partial charge < -0.3 is 10.2 Å². The van der Waals surface area contributed by atoms with Crippen LogP contribution < -0.4 is 0 Å². The Hall–Kier alpha value is -1.43. The van der Waals surface area contributed by atoms with E-state index in [-0.39, 0.29) is 12.6 Å². The molecule has 1 heterocycles. The number of hydrogen-bond donors (Lipinski definition) is 2. The van der Waals surface area contributed by atoms with Gasteiger partial charge in [-0.1, -0.05) is 30.3 Å². The number of carboxylic acids is 1. The molecule has 0 radical (unpaired) electrons. The lowest BCUT2D eigenvalue weighted by molar-refractivity contribution is -0.138. The maximum absolute atomic E-state index is 10.7. The number of hydrogen-bond acceptors (Lipinski definition) is 4. The zero-order valence-corrected chi connectivity index (χ0v) is 11.1. The number of aliphatic hydroxyl groups excluding tert-OH is 1. The molecule has 1 unspecified atom stereocenters. The van der Waals surface area contributed by atoms with Crippen molar-refractivity contribution in [1.29, 1.82) is 0 Å². The Morgan fingerprint density at radius 1 is 1.37 bits per heavy atom. The molecule has 0 aliphatic carbocycles. The number of β-amino-alcohol motifs (C(OH)–C–C–N with tert-alkyl or cyclic N) is 1. The highest BCUT2D eigenvalue weighted by molar-refractivity contribution is 5.69. The average Bonchev–Trinajstić information content (AvgIpc) is 2.70. The molecule has 0 spiro atoms. The van der Waals surface area contributed by atoms with Crippen molar-refractivity contribution in [1.82, 2.24) is 9.80 Å². The second-order valence-corrected chi connectivity index (χ2v) is 5.12. The van der Waals surface area contributed by atoms with Crippen LogP contribution in [-0.2, 0) is 11.3 Å². The van der Waals surface area contributed by atoms with Gasteiger partial charge >= 0.3 is 5.97 Å². The number of carboxylic acid groups (broad SMARTS) is 1. The number of rotatable bonds is 5. The van der Waals surface area contributed by atoms with Crippen molar-refractivity contribution in [2.45, 2.75) is 18.7 Å². The lowest BCUT2D eigenvalue weighted by atomic mass is 10.2. The number of aliphatic carboxylic acids is 1. The Balaban J connectivity index is 1.92. The van der Waals surface area contributed by atoms with Gasteiger partial charge in [0.2, 0.25) is 0 Å². The lowest BCUT2D eigenvalue weighted by Gasteiger charge is -2.24. The van der Waals surface area contributed by atoms with Crippen molar-refractivity contribution >= 4 is 5.97 Å². The number of aliphatic hydroxyl groups is 1. The highest BCUT2D eigenvalue weighted by Crippen LogP contribution is 2.17. The van der Waals surface area contributed by atoms with Crippen molar-refractivity contribution in [3.8, 4) is 0 Å². The van der Waals surface area contributed by atoms with Crippen molar-refractivity contribution in [2.24, 2.45) is 0 Å². The van der Waals surface area contributed by atoms with Crippen LogP contribution in [0.4, 0.5) is 0 Å². The molecule has 1 aliphatic heterocycles. The number of carbonyl (C=O) groups is 1. The average molecular weight is 264 g/mol. The summed E-state index contributed by atoms with van der Waals surface area (Å²) in [4.78, 5) is 14.6. The maximum Gasteiger partial charge on any atom is 0.317 e. The minimum Gasteiger partial charge on any atom is -0.480 e. The summed E-state index contributed by atoms with van der Waals surface area (Å²) in [7, 11) is 1.74. The first-order valence-corrected chi connectivity index (χ1v) is 6.42. The largest absolute Gasteiger partial charge is 0.480 e. The van der Waals surface area contributed by atoms with Crippen LogP contribution in [-0.4, -0.2) is 64.8 Å². The molecule has 1 fully saturated rings. The van der Waals surface area contributed by atoms with Gasteiger partial charge in [0, 0.05) is 25.7 Å². The standard InChI is InChI=1S/C14H20N2O3/c1-15(10-14(18)19)12-8-16(9-13(12)17)7-11-5-3-2-4-6-11/h2-6,12-13,17H,7-10H2,1H3,(H,18,19)/t12?,13-/m1/s1. The first-order valence-electron chi connectivity index (χ1n) is 6.42. The van der Waals surface area contributed by atoms with Gasteiger partial charge in [-0.25, -0.2) is 0 Å². The van der Waals surface area contributed by atoms with Crippen LogP contribution in [0.5, 0.6) is 0 Å². The fourth-order valence-corrected chi connectivity index (χ4v) is 2.58. The van der Waals surface area contributed by atoms with E-state index in [0.717, 1.165) is 6.54 Å². The number of likely N-dealkylation sites (N-methyl/N-ethyl adjacent to an activating group) is 1. The van der Waals surface area contributed by atoms with Gasteiger partial charge in [-0.3, -0.25) is 14.6 Å². The van der Waals surface area contributed by atoms with Crippen molar-refractivity contribution < 1.29 is 15.0 Å². The molecule has 0 amide bonds. The Kier molecular flexibility index (Phi) is 4.52. The van der Waals surface area contributed by atoms with E-state index in [0.29, 0.717) is 13.1 Å². The van der Waals surface area contributed by atoms with Gasteiger partial charge in [-0.05, 0) is 12.6 Å². The summed E-state index contributed by atoms with van der Waals surface area (Å²) in [6.07, 6.45) is -0.493. The molecule has 0 bridgehead atoms. The third-order valence-electron chi connectivity index (χ3n) is 3.53. The summed E-state index contributed by atoms with van der Waals surface area (Å²) in [5.41, 5.74) is 1.20. The summed E-state index contributed by atoms with van der Waals surface area (Å²) in [6, 6.07) is 9.97. The first kappa shape index (κ1) is 14.0.